The highest BCUT2D eigenvalue weighted by Crippen LogP contribution is 2.32. The number of hydrogen-bond acceptors (Lipinski definition) is 5. The second kappa shape index (κ2) is 6.34. The van der Waals surface area contributed by atoms with E-state index in [-0.39, 0.29) is 17.7 Å². The molecule has 7 heteroatoms. The van der Waals surface area contributed by atoms with Gasteiger partial charge in [-0.2, -0.15) is 0 Å². The van der Waals surface area contributed by atoms with Gasteiger partial charge in [-0.3, -0.25) is 4.79 Å². The largest absolute Gasteiger partial charge is 0.486 e. The molecule has 21 heavy (non-hydrogen) atoms. The second-order valence-electron chi connectivity index (χ2n) is 5.09. The summed E-state index contributed by atoms with van der Waals surface area (Å²) in [5.74, 6) is -0.0154. The minimum atomic E-state index is -0.705. The summed E-state index contributed by atoms with van der Waals surface area (Å²) >= 11 is 0. The maximum Gasteiger partial charge on any atom is 0.235 e. The highest BCUT2D eigenvalue weighted by molar-refractivity contribution is 6.08. The SMILES string of the molecule is CC(C)C(C(=O)Nc1ccc2c(c1)OCCO2)C(N)=NO. The van der Waals surface area contributed by atoms with Gasteiger partial charge in [-0.15, -0.1) is 0 Å². The van der Waals surface area contributed by atoms with Crippen molar-refractivity contribution in [2.45, 2.75) is 13.8 Å². The Morgan fingerprint density at radius 1 is 1.33 bits per heavy atom. The maximum atomic E-state index is 12.3. The number of carbonyl (C=O) groups excluding carboxylic acids is 1. The molecule has 0 radical (unpaired) electrons. The van der Waals surface area contributed by atoms with Gasteiger partial charge in [0, 0.05) is 11.8 Å². The number of ether oxygens (including phenoxy) is 2. The van der Waals surface area contributed by atoms with E-state index in [1.165, 1.54) is 0 Å². The summed E-state index contributed by atoms with van der Waals surface area (Å²) in [6.45, 7) is 4.64. The summed E-state index contributed by atoms with van der Waals surface area (Å²) in [5, 5.41) is 14.4. The fourth-order valence-electron chi connectivity index (χ4n) is 2.18. The number of carbonyl (C=O) groups is 1. The molecule has 0 saturated carbocycles. The number of amidine groups is 1. The molecule has 1 atom stereocenters. The van der Waals surface area contributed by atoms with E-state index in [1.807, 2.05) is 13.8 Å². The average molecular weight is 293 g/mol. The highest BCUT2D eigenvalue weighted by atomic mass is 16.6. The van der Waals surface area contributed by atoms with Crippen molar-refractivity contribution in [1.82, 2.24) is 0 Å². The Bertz CT molecular complexity index is 557. The van der Waals surface area contributed by atoms with Crippen molar-refractivity contribution < 1.29 is 19.5 Å². The zero-order chi connectivity index (χ0) is 15.4. The van der Waals surface area contributed by atoms with Crippen molar-refractivity contribution in [3.05, 3.63) is 18.2 Å². The van der Waals surface area contributed by atoms with E-state index in [4.69, 9.17) is 20.4 Å². The second-order valence-corrected chi connectivity index (χ2v) is 5.09. The number of fused-ring (bicyclic) bond motifs is 1. The highest BCUT2D eigenvalue weighted by Gasteiger charge is 2.27. The van der Waals surface area contributed by atoms with E-state index in [2.05, 4.69) is 10.5 Å². The number of nitrogens with one attached hydrogen (secondary N) is 1. The summed E-state index contributed by atoms with van der Waals surface area (Å²) in [7, 11) is 0. The Balaban J connectivity index is 2.15. The van der Waals surface area contributed by atoms with E-state index in [1.54, 1.807) is 18.2 Å². The summed E-state index contributed by atoms with van der Waals surface area (Å²) in [5.41, 5.74) is 6.15. The third kappa shape index (κ3) is 3.36. The van der Waals surface area contributed by atoms with Gasteiger partial charge < -0.3 is 25.7 Å². The van der Waals surface area contributed by atoms with Gasteiger partial charge in [-0.05, 0) is 18.1 Å². The van der Waals surface area contributed by atoms with Gasteiger partial charge in [-0.1, -0.05) is 19.0 Å². The molecule has 0 fully saturated rings. The molecule has 1 unspecified atom stereocenters. The van der Waals surface area contributed by atoms with Crippen LogP contribution in [-0.4, -0.2) is 30.2 Å². The van der Waals surface area contributed by atoms with Crippen LogP contribution < -0.4 is 20.5 Å². The Morgan fingerprint density at radius 3 is 2.62 bits per heavy atom. The molecular weight excluding hydrogens is 274 g/mol. The number of rotatable bonds is 4. The summed E-state index contributed by atoms with van der Waals surface area (Å²) < 4.78 is 10.9. The van der Waals surface area contributed by atoms with Crippen LogP contribution in [0.5, 0.6) is 11.5 Å². The van der Waals surface area contributed by atoms with Crippen molar-refractivity contribution in [2.75, 3.05) is 18.5 Å². The first-order valence-corrected chi connectivity index (χ1v) is 6.71. The van der Waals surface area contributed by atoms with Crippen LogP contribution in [0, 0.1) is 11.8 Å². The molecule has 1 aliphatic rings. The maximum absolute atomic E-state index is 12.3. The van der Waals surface area contributed by atoms with E-state index in [0.29, 0.717) is 30.4 Å². The Morgan fingerprint density at radius 2 is 2.00 bits per heavy atom. The first-order chi connectivity index (χ1) is 10.0. The van der Waals surface area contributed by atoms with Gasteiger partial charge in [0.05, 0.1) is 0 Å². The lowest BCUT2D eigenvalue weighted by Gasteiger charge is -2.21. The van der Waals surface area contributed by atoms with E-state index >= 15 is 0 Å². The van der Waals surface area contributed by atoms with Crippen LogP contribution in [0.4, 0.5) is 5.69 Å². The van der Waals surface area contributed by atoms with Crippen LogP contribution in [0.1, 0.15) is 13.8 Å². The van der Waals surface area contributed by atoms with Gasteiger partial charge in [0.1, 0.15) is 19.1 Å². The number of hydrogen-bond donors (Lipinski definition) is 3. The summed E-state index contributed by atoms with van der Waals surface area (Å²) in [6, 6.07) is 5.14. The lowest BCUT2D eigenvalue weighted by atomic mass is 9.94. The van der Waals surface area contributed by atoms with Gasteiger partial charge in [0.15, 0.2) is 17.3 Å². The summed E-state index contributed by atoms with van der Waals surface area (Å²) in [4.78, 5) is 12.3. The predicted molar refractivity (Wildman–Crippen MR) is 77.8 cm³/mol. The number of nitrogens with zero attached hydrogens (tertiary/aromatic N) is 1. The van der Waals surface area contributed by atoms with Gasteiger partial charge in [0.2, 0.25) is 5.91 Å². The topological polar surface area (TPSA) is 106 Å². The molecule has 1 aromatic carbocycles. The summed E-state index contributed by atoms with van der Waals surface area (Å²) in [6.07, 6.45) is 0. The molecule has 1 aliphatic heterocycles. The number of nitrogens with two attached hydrogens (primary N) is 1. The predicted octanol–water partition coefficient (Wildman–Crippen LogP) is 1.41. The van der Waals surface area contributed by atoms with Crippen LogP contribution in [0.2, 0.25) is 0 Å². The third-order valence-corrected chi connectivity index (χ3v) is 3.19. The zero-order valence-corrected chi connectivity index (χ0v) is 12.0. The molecule has 0 aromatic heterocycles. The molecule has 1 heterocycles. The van der Waals surface area contributed by atoms with Crippen molar-refractivity contribution >= 4 is 17.4 Å². The van der Waals surface area contributed by atoms with Crippen LogP contribution in [0.3, 0.4) is 0 Å². The van der Waals surface area contributed by atoms with E-state index in [9.17, 15) is 4.79 Å². The lowest BCUT2D eigenvalue weighted by Crippen LogP contribution is -2.38. The smallest absolute Gasteiger partial charge is 0.235 e. The molecule has 1 amide bonds. The molecule has 0 spiro atoms. The average Bonchev–Trinajstić information content (AvgIpc) is 2.46. The fourth-order valence-corrected chi connectivity index (χ4v) is 2.18. The van der Waals surface area contributed by atoms with Crippen LogP contribution >= 0.6 is 0 Å². The van der Waals surface area contributed by atoms with Crippen LogP contribution in [0.15, 0.2) is 23.4 Å². The van der Waals surface area contributed by atoms with E-state index < -0.39 is 5.92 Å². The number of amides is 1. The molecule has 7 nitrogen and oxygen atoms in total. The molecule has 0 saturated heterocycles. The third-order valence-electron chi connectivity index (χ3n) is 3.19. The Kier molecular flexibility index (Phi) is 4.52. The Labute approximate surface area is 122 Å². The normalized spacial score (nSPS) is 15.7. The zero-order valence-electron chi connectivity index (χ0n) is 12.0. The van der Waals surface area contributed by atoms with Gasteiger partial charge >= 0.3 is 0 Å². The monoisotopic (exact) mass is 293 g/mol. The van der Waals surface area contributed by atoms with Gasteiger partial charge in [0.25, 0.3) is 0 Å². The fraction of sp³-hybridized carbons (Fsp3) is 0.429. The lowest BCUT2D eigenvalue weighted by molar-refractivity contribution is -0.119. The minimum Gasteiger partial charge on any atom is -0.486 e. The molecule has 4 N–H and O–H groups in total. The van der Waals surface area contributed by atoms with Crippen molar-refractivity contribution in [2.24, 2.45) is 22.7 Å². The molecule has 0 aliphatic carbocycles. The van der Waals surface area contributed by atoms with Crippen LogP contribution in [-0.2, 0) is 4.79 Å². The first-order valence-electron chi connectivity index (χ1n) is 6.71. The molecular formula is C14H19N3O4. The molecule has 1 aromatic rings. The van der Waals surface area contributed by atoms with Crippen molar-refractivity contribution in [3.8, 4) is 11.5 Å². The standard InChI is InChI=1S/C14H19N3O4/c1-8(2)12(13(15)17-19)14(18)16-9-3-4-10-11(7-9)21-6-5-20-10/h3-4,7-8,12,19H,5-6H2,1-2H3,(H2,15,17)(H,16,18). The van der Waals surface area contributed by atoms with Gasteiger partial charge in [-0.25, -0.2) is 0 Å². The number of benzene rings is 1. The quantitative estimate of drug-likeness (QED) is 0.337. The molecule has 114 valence electrons. The van der Waals surface area contributed by atoms with Crippen molar-refractivity contribution in [3.63, 3.8) is 0 Å². The van der Waals surface area contributed by atoms with Crippen LogP contribution in [0.25, 0.3) is 0 Å². The molecule has 2 rings (SSSR count). The van der Waals surface area contributed by atoms with Crippen molar-refractivity contribution in [1.29, 1.82) is 0 Å². The molecule has 0 bridgehead atoms. The minimum absolute atomic E-state index is 0.0990. The Hall–Kier alpha value is -2.44. The number of oxime groups is 1. The van der Waals surface area contributed by atoms with E-state index in [0.717, 1.165) is 0 Å². The number of anilines is 1. The first kappa shape index (κ1) is 15.0.